The first-order chi connectivity index (χ1) is 14.1. The predicted octanol–water partition coefficient (Wildman–Crippen LogP) is 1.65. The van der Waals surface area contributed by atoms with Gasteiger partial charge in [-0.2, -0.15) is 0 Å². The zero-order valence-electron chi connectivity index (χ0n) is 17.6. The Morgan fingerprint density at radius 3 is 2.43 bits per heavy atom. The van der Waals surface area contributed by atoms with Gasteiger partial charge in [-0.05, 0) is 51.3 Å². The van der Waals surface area contributed by atoms with E-state index < -0.39 is 11.9 Å². The Hall–Kier alpha value is -2.48. The Bertz CT molecular complexity index is 944. The molecular weight excluding hydrogens is 387 g/mol. The van der Waals surface area contributed by atoms with E-state index in [1.165, 1.54) is 11.0 Å². The van der Waals surface area contributed by atoms with E-state index in [2.05, 4.69) is 35.9 Å². The molecule has 0 saturated carbocycles. The van der Waals surface area contributed by atoms with Gasteiger partial charge < -0.3 is 9.80 Å². The molecule has 8 heteroatoms. The van der Waals surface area contributed by atoms with E-state index >= 15 is 4.39 Å². The van der Waals surface area contributed by atoms with Crippen molar-refractivity contribution >= 4 is 23.4 Å². The van der Waals surface area contributed by atoms with E-state index in [1.54, 1.807) is 6.07 Å². The van der Waals surface area contributed by atoms with Gasteiger partial charge in [-0.1, -0.05) is 0 Å². The van der Waals surface area contributed by atoms with Crippen molar-refractivity contribution < 1.29 is 18.8 Å². The zero-order valence-corrected chi connectivity index (χ0v) is 17.6. The van der Waals surface area contributed by atoms with Crippen LogP contribution in [0.5, 0.6) is 0 Å². The Morgan fingerprint density at radius 1 is 1.10 bits per heavy atom. The summed E-state index contributed by atoms with van der Waals surface area (Å²) in [6.45, 7) is 8.68. The van der Waals surface area contributed by atoms with Crippen LogP contribution in [0.25, 0.3) is 0 Å². The van der Waals surface area contributed by atoms with Crippen molar-refractivity contribution in [2.45, 2.75) is 70.2 Å². The molecule has 30 heavy (non-hydrogen) atoms. The normalized spacial score (nSPS) is 29.1. The highest BCUT2D eigenvalue weighted by Gasteiger charge is 2.48. The fourth-order valence-electron chi connectivity index (χ4n) is 5.32. The van der Waals surface area contributed by atoms with Gasteiger partial charge in [-0.25, -0.2) is 4.39 Å². The molecule has 0 radical (unpaired) electrons. The third-order valence-electron chi connectivity index (χ3n) is 7.01. The van der Waals surface area contributed by atoms with Crippen molar-refractivity contribution in [3.05, 3.63) is 29.1 Å². The number of benzene rings is 1. The molecule has 3 amide bonds. The molecule has 2 bridgehead atoms. The van der Waals surface area contributed by atoms with Crippen LogP contribution in [-0.4, -0.2) is 64.3 Å². The van der Waals surface area contributed by atoms with Crippen LogP contribution in [0.15, 0.2) is 12.1 Å². The summed E-state index contributed by atoms with van der Waals surface area (Å²) in [5, 5.41) is 2.30. The van der Waals surface area contributed by atoms with Crippen molar-refractivity contribution in [2.75, 3.05) is 18.0 Å². The van der Waals surface area contributed by atoms with E-state index in [0.29, 0.717) is 17.7 Å². The molecule has 0 spiro atoms. The van der Waals surface area contributed by atoms with E-state index in [1.807, 2.05) is 0 Å². The lowest BCUT2D eigenvalue weighted by atomic mass is 9.84. The van der Waals surface area contributed by atoms with E-state index in [4.69, 9.17) is 0 Å². The predicted molar refractivity (Wildman–Crippen MR) is 108 cm³/mol. The topological polar surface area (TPSA) is 73.0 Å². The van der Waals surface area contributed by atoms with Crippen molar-refractivity contribution in [1.82, 2.24) is 15.1 Å². The summed E-state index contributed by atoms with van der Waals surface area (Å²) in [7, 11) is 0. The lowest BCUT2D eigenvalue weighted by Gasteiger charge is -2.60. The Balaban J connectivity index is 1.38. The number of halogens is 1. The molecule has 4 fully saturated rings. The molecule has 1 aromatic carbocycles. The monoisotopic (exact) mass is 414 g/mol. The second-order valence-electron chi connectivity index (χ2n) is 9.89. The number of piperidine rings is 2. The second kappa shape index (κ2) is 6.51. The molecule has 4 saturated heterocycles. The van der Waals surface area contributed by atoms with Gasteiger partial charge in [0.25, 0.3) is 5.91 Å². The van der Waals surface area contributed by atoms with Gasteiger partial charge in [0, 0.05) is 49.2 Å². The SMILES string of the molecule is CC(C)(C)N1CC2CC(C1)N2c1cc2c(cc1F)C(=O)N(C1CCC(=O)NC1=O)C2. The fourth-order valence-corrected chi connectivity index (χ4v) is 5.32. The summed E-state index contributed by atoms with van der Waals surface area (Å²) in [5.74, 6) is -1.49. The average Bonchev–Trinajstić information content (AvgIpc) is 2.97. The number of nitrogens with one attached hydrogen (secondary N) is 1. The quantitative estimate of drug-likeness (QED) is 0.745. The number of amides is 3. The van der Waals surface area contributed by atoms with Gasteiger partial charge in [-0.3, -0.25) is 24.6 Å². The first kappa shape index (κ1) is 19.5. The van der Waals surface area contributed by atoms with Crippen LogP contribution < -0.4 is 10.2 Å². The molecule has 6 rings (SSSR count). The first-order valence-electron chi connectivity index (χ1n) is 10.6. The number of piperazine rings is 1. The van der Waals surface area contributed by atoms with Gasteiger partial charge in [-0.15, -0.1) is 0 Å². The maximum Gasteiger partial charge on any atom is 0.255 e. The molecular formula is C22H27FN4O3. The summed E-state index contributed by atoms with van der Waals surface area (Å²) >= 11 is 0. The van der Waals surface area contributed by atoms with Crippen molar-refractivity contribution in [2.24, 2.45) is 0 Å². The van der Waals surface area contributed by atoms with Crippen LogP contribution >= 0.6 is 0 Å². The number of anilines is 1. The third-order valence-corrected chi connectivity index (χ3v) is 7.01. The number of carbonyl (C=O) groups excluding carboxylic acids is 3. The summed E-state index contributed by atoms with van der Waals surface area (Å²) in [5.41, 5.74) is 1.72. The molecule has 1 aromatic rings. The third kappa shape index (κ3) is 2.92. The molecule has 5 heterocycles. The summed E-state index contributed by atoms with van der Waals surface area (Å²) in [4.78, 5) is 42.6. The lowest BCUT2D eigenvalue weighted by Crippen LogP contribution is -2.71. The lowest BCUT2D eigenvalue weighted by molar-refractivity contribution is -0.136. The Labute approximate surface area is 175 Å². The van der Waals surface area contributed by atoms with Crippen LogP contribution in [0.4, 0.5) is 10.1 Å². The number of hydrogen-bond acceptors (Lipinski definition) is 5. The van der Waals surface area contributed by atoms with Gasteiger partial charge in [0.1, 0.15) is 11.9 Å². The minimum atomic E-state index is -0.683. The minimum Gasteiger partial charge on any atom is -0.360 e. The van der Waals surface area contributed by atoms with Gasteiger partial charge in [0.05, 0.1) is 5.69 Å². The Morgan fingerprint density at radius 2 is 1.80 bits per heavy atom. The van der Waals surface area contributed by atoms with Gasteiger partial charge in [0.15, 0.2) is 0 Å². The maximum absolute atomic E-state index is 15.1. The molecule has 1 N–H and O–H groups in total. The van der Waals surface area contributed by atoms with E-state index in [-0.39, 0.29) is 48.2 Å². The highest BCUT2D eigenvalue weighted by molar-refractivity contribution is 6.05. The number of carbonyl (C=O) groups is 3. The molecule has 0 aromatic heterocycles. The molecule has 3 atom stereocenters. The summed E-state index contributed by atoms with van der Waals surface area (Å²) in [6.07, 6.45) is 1.57. The van der Waals surface area contributed by atoms with Crippen molar-refractivity contribution in [3.63, 3.8) is 0 Å². The number of nitrogens with zero attached hydrogens (tertiary/aromatic N) is 3. The molecule has 0 aliphatic carbocycles. The highest BCUT2D eigenvalue weighted by Crippen LogP contribution is 2.42. The maximum atomic E-state index is 15.1. The number of rotatable bonds is 2. The highest BCUT2D eigenvalue weighted by atomic mass is 19.1. The number of hydrogen-bond donors (Lipinski definition) is 1. The summed E-state index contributed by atoms with van der Waals surface area (Å²) in [6, 6.07) is 2.99. The van der Waals surface area contributed by atoms with Crippen LogP contribution in [-0.2, 0) is 16.1 Å². The van der Waals surface area contributed by atoms with E-state index in [0.717, 1.165) is 25.1 Å². The van der Waals surface area contributed by atoms with Crippen molar-refractivity contribution in [3.8, 4) is 0 Å². The van der Waals surface area contributed by atoms with Crippen LogP contribution in [0.1, 0.15) is 56.0 Å². The average molecular weight is 414 g/mol. The molecule has 7 nitrogen and oxygen atoms in total. The van der Waals surface area contributed by atoms with E-state index in [9.17, 15) is 14.4 Å². The van der Waals surface area contributed by atoms with Crippen LogP contribution in [0.2, 0.25) is 0 Å². The Kier molecular flexibility index (Phi) is 4.23. The fraction of sp³-hybridized carbons (Fsp3) is 0.591. The largest absolute Gasteiger partial charge is 0.360 e. The summed E-state index contributed by atoms with van der Waals surface area (Å²) < 4.78 is 15.1. The van der Waals surface area contributed by atoms with Gasteiger partial charge in [0.2, 0.25) is 11.8 Å². The molecule has 3 unspecified atom stereocenters. The number of fused-ring (bicyclic) bond motifs is 3. The molecule has 5 aliphatic heterocycles. The second-order valence-corrected chi connectivity index (χ2v) is 9.89. The molecule has 160 valence electrons. The van der Waals surface area contributed by atoms with Crippen LogP contribution in [0.3, 0.4) is 0 Å². The smallest absolute Gasteiger partial charge is 0.255 e. The number of imide groups is 1. The standard InChI is InChI=1S/C22H27FN4O3/c1-22(2,3)25-10-13-7-14(11-25)27(13)18-6-12-9-26(21(30)15(12)8-16(18)23)17-4-5-19(28)24-20(17)29/h6,8,13-14,17H,4-5,7,9-11H2,1-3H3,(H,24,28,29). The van der Waals surface area contributed by atoms with Crippen molar-refractivity contribution in [1.29, 1.82) is 0 Å². The first-order valence-corrected chi connectivity index (χ1v) is 10.6. The minimum absolute atomic E-state index is 0.0916. The molecule has 5 aliphatic rings. The zero-order chi connectivity index (χ0) is 21.4. The van der Waals surface area contributed by atoms with Crippen LogP contribution in [0, 0.1) is 5.82 Å². The van der Waals surface area contributed by atoms with Gasteiger partial charge >= 0.3 is 0 Å².